The number of carboxylic acids is 1. The first kappa shape index (κ1) is 8.32. The van der Waals surface area contributed by atoms with Crippen molar-refractivity contribution < 1.29 is 19.4 Å². The van der Waals surface area contributed by atoms with Gasteiger partial charge in [0.1, 0.15) is 5.56 Å². The molecule has 0 saturated heterocycles. The molecule has 0 amide bonds. The lowest BCUT2D eigenvalue weighted by Gasteiger charge is -2.01. The van der Waals surface area contributed by atoms with Crippen molar-refractivity contribution in [3.63, 3.8) is 0 Å². The third kappa shape index (κ3) is 1.29. The Morgan fingerprint density at radius 3 is 2.58 bits per heavy atom. The van der Waals surface area contributed by atoms with Gasteiger partial charge in [0.25, 0.3) is 0 Å². The number of nitrogens with two attached hydrogens (primary N) is 1. The van der Waals surface area contributed by atoms with Gasteiger partial charge in [-0.05, 0) is 6.07 Å². The standard InChI is InChI=1S/C7H6FNO3/c8-5-2-3(9)1-4(6(5)10)7(11)12/h1-2,10H,9H2,(H,11,12). The number of phenols is 1. The van der Waals surface area contributed by atoms with Gasteiger partial charge in [0.15, 0.2) is 11.6 Å². The van der Waals surface area contributed by atoms with E-state index in [0.29, 0.717) is 0 Å². The van der Waals surface area contributed by atoms with Gasteiger partial charge in [0.05, 0.1) is 0 Å². The molecule has 64 valence electrons. The van der Waals surface area contributed by atoms with Crippen molar-refractivity contribution in [1.29, 1.82) is 0 Å². The number of halogens is 1. The number of carbonyl (C=O) groups is 1. The maximum atomic E-state index is 12.6. The highest BCUT2D eigenvalue weighted by molar-refractivity contribution is 5.91. The quantitative estimate of drug-likeness (QED) is 0.431. The van der Waals surface area contributed by atoms with E-state index in [9.17, 15) is 9.18 Å². The Hall–Kier alpha value is -1.78. The van der Waals surface area contributed by atoms with Crippen molar-refractivity contribution in [2.75, 3.05) is 5.73 Å². The number of hydrogen-bond acceptors (Lipinski definition) is 3. The Labute approximate surface area is 67.1 Å². The average molecular weight is 171 g/mol. The van der Waals surface area contributed by atoms with Gasteiger partial charge >= 0.3 is 5.97 Å². The van der Waals surface area contributed by atoms with E-state index in [1.807, 2.05) is 0 Å². The van der Waals surface area contributed by atoms with Crippen molar-refractivity contribution in [2.24, 2.45) is 0 Å². The summed E-state index contributed by atoms with van der Waals surface area (Å²) in [5, 5.41) is 17.3. The van der Waals surface area contributed by atoms with Crippen molar-refractivity contribution in [3.8, 4) is 5.75 Å². The number of anilines is 1. The number of benzene rings is 1. The van der Waals surface area contributed by atoms with E-state index < -0.39 is 23.1 Å². The van der Waals surface area contributed by atoms with Gasteiger partial charge in [-0.1, -0.05) is 0 Å². The predicted molar refractivity (Wildman–Crippen MR) is 39.4 cm³/mol. The summed E-state index contributed by atoms with van der Waals surface area (Å²) in [6, 6.07) is 1.84. The fourth-order valence-corrected chi connectivity index (χ4v) is 0.783. The minimum absolute atomic E-state index is 0.0392. The Morgan fingerprint density at radius 1 is 1.50 bits per heavy atom. The molecule has 4 nitrogen and oxygen atoms in total. The van der Waals surface area contributed by atoms with E-state index in [4.69, 9.17) is 15.9 Å². The maximum Gasteiger partial charge on any atom is 0.339 e. The molecule has 0 spiro atoms. The SMILES string of the molecule is Nc1cc(F)c(O)c(C(=O)O)c1. The molecule has 0 aliphatic rings. The van der Waals surface area contributed by atoms with Crippen LogP contribution in [0.1, 0.15) is 10.4 Å². The molecule has 12 heavy (non-hydrogen) atoms. The maximum absolute atomic E-state index is 12.6. The van der Waals surface area contributed by atoms with Crippen LogP contribution in [0.2, 0.25) is 0 Å². The first-order valence-electron chi connectivity index (χ1n) is 3.03. The van der Waals surface area contributed by atoms with Crippen LogP contribution in [0.4, 0.5) is 10.1 Å². The second-order valence-electron chi connectivity index (χ2n) is 2.20. The van der Waals surface area contributed by atoms with Gasteiger partial charge < -0.3 is 15.9 Å². The number of aromatic hydroxyl groups is 1. The summed E-state index contributed by atoms with van der Waals surface area (Å²) in [5.41, 5.74) is 4.58. The lowest BCUT2D eigenvalue weighted by molar-refractivity contribution is 0.0693. The van der Waals surface area contributed by atoms with E-state index in [1.165, 1.54) is 0 Å². The van der Waals surface area contributed by atoms with Crippen LogP contribution < -0.4 is 5.73 Å². The predicted octanol–water partition coefficient (Wildman–Crippen LogP) is 0.812. The molecule has 1 aromatic carbocycles. The largest absolute Gasteiger partial charge is 0.504 e. The Morgan fingerprint density at radius 2 is 2.08 bits per heavy atom. The van der Waals surface area contributed by atoms with Crippen molar-refractivity contribution in [2.45, 2.75) is 0 Å². The van der Waals surface area contributed by atoms with E-state index >= 15 is 0 Å². The van der Waals surface area contributed by atoms with Crippen LogP contribution in [-0.4, -0.2) is 16.2 Å². The topological polar surface area (TPSA) is 83.5 Å². The zero-order valence-electron chi connectivity index (χ0n) is 5.91. The number of rotatable bonds is 1. The van der Waals surface area contributed by atoms with Gasteiger partial charge in [-0.2, -0.15) is 0 Å². The highest BCUT2D eigenvalue weighted by Crippen LogP contribution is 2.23. The van der Waals surface area contributed by atoms with E-state index in [-0.39, 0.29) is 5.69 Å². The molecule has 4 N–H and O–H groups in total. The lowest BCUT2D eigenvalue weighted by Crippen LogP contribution is -2.00. The summed E-state index contributed by atoms with van der Waals surface area (Å²) < 4.78 is 12.6. The third-order valence-electron chi connectivity index (χ3n) is 1.32. The van der Waals surface area contributed by atoms with Gasteiger partial charge in [0.2, 0.25) is 0 Å². The Kier molecular flexibility index (Phi) is 1.86. The molecule has 0 aromatic heterocycles. The molecule has 0 atom stereocenters. The smallest absolute Gasteiger partial charge is 0.339 e. The number of nitrogen functional groups attached to an aromatic ring is 1. The lowest BCUT2D eigenvalue weighted by atomic mass is 10.2. The molecule has 0 aliphatic carbocycles. The summed E-state index contributed by atoms with van der Waals surface area (Å²) in [4.78, 5) is 10.3. The van der Waals surface area contributed by atoms with Gasteiger partial charge in [0, 0.05) is 11.8 Å². The minimum Gasteiger partial charge on any atom is -0.504 e. The summed E-state index contributed by atoms with van der Waals surface area (Å²) >= 11 is 0. The fraction of sp³-hybridized carbons (Fsp3) is 0. The van der Waals surface area contributed by atoms with Crippen LogP contribution in [0, 0.1) is 5.82 Å². The highest BCUT2D eigenvalue weighted by atomic mass is 19.1. The molecule has 0 unspecified atom stereocenters. The molecule has 0 bridgehead atoms. The van der Waals surface area contributed by atoms with E-state index in [1.54, 1.807) is 0 Å². The van der Waals surface area contributed by atoms with Crippen LogP contribution in [-0.2, 0) is 0 Å². The first-order chi connectivity index (χ1) is 5.52. The van der Waals surface area contributed by atoms with Crippen LogP contribution >= 0.6 is 0 Å². The average Bonchev–Trinajstić information content (AvgIpc) is 1.96. The monoisotopic (exact) mass is 171 g/mol. The minimum atomic E-state index is -1.42. The van der Waals surface area contributed by atoms with Crippen molar-refractivity contribution in [3.05, 3.63) is 23.5 Å². The third-order valence-corrected chi connectivity index (χ3v) is 1.32. The molecule has 0 fully saturated rings. The Balaban J connectivity index is 3.37. The first-order valence-corrected chi connectivity index (χ1v) is 3.03. The molecule has 0 saturated carbocycles. The number of aromatic carboxylic acids is 1. The number of hydrogen-bond donors (Lipinski definition) is 3. The van der Waals surface area contributed by atoms with Crippen molar-refractivity contribution >= 4 is 11.7 Å². The summed E-state index contributed by atoms with van der Waals surface area (Å²) in [7, 11) is 0. The molecule has 1 rings (SSSR count). The van der Waals surface area contributed by atoms with E-state index in [0.717, 1.165) is 12.1 Å². The zero-order valence-corrected chi connectivity index (χ0v) is 5.91. The highest BCUT2D eigenvalue weighted by Gasteiger charge is 2.14. The molecule has 0 radical (unpaired) electrons. The fourth-order valence-electron chi connectivity index (χ4n) is 0.783. The van der Waals surface area contributed by atoms with E-state index in [2.05, 4.69) is 0 Å². The molecule has 0 aliphatic heterocycles. The zero-order chi connectivity index (χ0) is 9.30. The van der Waals surface area contributed by atoms with Gasteiger partial charge in [-0.25, -0.2) is 9.18 Å². The Bertz CT molecular complexity index is 338. The molecule has 1 aromatic rings. The van der Waals surface area contributed by atoms with Crippen LogP contribution in [0.3, 0.4) is 0 Å². The van der Waals surface area contributed by atoms with Crippen LogP contribution in [0.5, 0.6) is 5.75 Å². The summed E-state index contributed by atoms with van der Waals surface area (Å²) in [6.07, 6.45) is 0. The van der Waals surface area contributed by atoms with Gasteiger partial charge in [-0.15, -0.1) is 0 Å². The summed E-state index contributed by atoms with van der Waals surface area (Å²) in [6.45, 7) is 0. The molecular weight excluding hydrogens is 165 g/mol. The summed E-state index contributed by atoms with van der Waals surface area (Å²) in [5.74, 6) is -3.34. The molecule has 5 heteroatoms. The van der Waals surface area contributed by atoms with Crippen LogP contribution in [0.15, 0.2) is 12.1 Å². The van der Waals surface area contributed by atoms with Gasteiger partial charge in [-0.3, -0.25) is 0 Å². The normalized spacial score (nSPS) is 9.75. The second-order valence-corrected chi connectivity index (χ2v) is 2.20. The second kappa shape index (κ2) is 2.69. The number of carboxylic acid groups (broad SMARTS) is 1. The molecular formula is C7H6FNO3. The van der Waals surface area contributed by atoms with Crippen molar-refractivity contribution in [1.82, 2.24) is 0 Å². The molecule has 0 heterocycles. The van der Waals surface area contributed by atoms with Crippen LogP contribution in [0.25, 0.3) is 0 Å².